The highest BCUT2D eigenvalue weighted by molar-refractivity contribution is 5.62. The summed E-state index contributed by atoms with van der Waals surface area (Å²) in [5, 5.41) is 11.4. The number of nitrogens with one attached hydrogen (secondary N) is 1. The Hall–Kier alpha value is -2.41. The topological polar surface area (TPSA) is 61.6 Å². The average molecular weight is 238 g/mol. The van der Waals surface area contributed by atoms with Crippen LogP contribution in [0.15, 0.2) is 36.7 Å². The lowest BCUT2D eigenvalue weighted by Crippen LogP contribution is -2.04. The van der Waals surface area contributed by atoms with Gasteiger partial charge in [0.1, 0.15) is 0 Å². The van der Waals surface area contributed by atoms with Gasteiger partial charge in [0.15, 0.2) is 0 Å². The largest absolute Gasteiger partial charge is 0.353 e. The summed E-state index contributed by atoms with van der Waals surface area (Å²) in [5.41, 5.74) is 3.31. The zero-order valence-electron chi connectivity index (χ0n) is 10.2. The van der Waals surface area contributed by atoms with E-state index in [9.17, 15) is 0 Å². The number of hydrogen-bond acceptors (Lipinski definition) is 4. The molecule has 0 fully saturated rings. The molecule has 0 aliphatic heterocycles. The first-order valence-electron chi connectivity index (χ1n) is 5.79. The second-order valence-corrected chi connectivity index (χ2v) is 4.00. The SMILES string of the molecule is Cc1cccc(-c2cnc(NCCC#N)nc2)c1. The van der Waals surface area contributed by atoms with Crippen molar-refractivity contribution in [3.05, 3.63) is 42.2 Å². The van der Waals surface area contributed by atoms with Gasteiger partial charge in [-0.15, -0.1) is 0 Å². The van der Waals surface area contributed by atoms with Gasteiger partial charge in [0.05, 0.1) is 12.5 Å². The van der Waals surface area contributed by atoms with Gasteiger partial charge in [0.2, 0.25) is 5.95 Å². The monoisotopic (exact) mass is 238 g/mol. The summed E-state index contributed by atoms with van der Waals surface area (Å²) in [5.74, 6) is 0.557. The van der Waals surface area contributed by atoms with Crippen LogP contribution in [0.3, 0.4) is 0 Å². The van der Waals surface area contributed by atoms with Crippen LogP contribution >= 0.6 is 0 Å². The zero-order valence-corrected chi connectivity index (χ0v) is 10.2. The molecule has 2 rings (SSSR count). The summed E-state index contributed by atoms with van der Waals surface area (Å²) >= 11 is 0. The fraction of sp³-hybridized carbons (Fsp3) is 0.214. The maximum atomic E-state index is 8.43. The van der Waals surface area contributed by atoms with E-state index in [0.29, 0.717) is 18.9 Å². The van der Waals surface area contributed by atoms with Crippen molar-refractivity contribution in [2.24, 2.45) is 0 Å². The Morgan fingerprint density at radius 1 is 1.22 bits per heavy atom. The van der Waals surface area contributed by atoms with Crippen LogP contribution in [0, 0.1) is 18.3 Å². The van der Waals surface area contributed by atoms with Crippen LogP contribution in [-0.4, -0.2) is 16.5 Å². The molecular formula is C14H14N4. The average Bonchev–Trinajstić information content (AvgIpc) is 2.40. The molecule has 1 aromatic carbocycles. The molecule has 2 aromatic rings. The van der Waals surface area contributed by atoms with Crippen molar-refractivity contribution in [3.63, 3.8) is 0 Å². The molecule has 0 saturated carbocycles. The van der Waals surface area contributed by atoms with Gasteiger partial charge in [0, 0.05) is 24.5 Å². The molecule has 0 spiro atoms. The lowest BCUT2D eigenvalue weighted by Gasteiger charge is -2.04. The zero-order chi connectivity index (χ0) is 12.8. The number of benzene rings is 1. The summed E-state index contributed by atoms with van der Waals surface area (Å²) in [6, 6.07) is 10.3. The van der Waals surface area contributed by atoms with Crippen LogP contribution in [0.1, 0.15) is 12.0 Å². The highest BCUT2D eigenvalue weighted by atomic mass is 15.1. The highest BCUT2D eigenvalue weighted by Crippen LogP contribution is 2.18. The van der Waals surface area contributed by atoms with E-state index in [-0.39, 0.29) is 0 Å². The van der Waals surface area contributed by atoms with Crippen molar-refractivity contribution >= 4 is 5.95 Å². The Morgan fingerprint density at radius 3 is 2.67 bits per heavy atom. The first-order chi connectivity index (χ1) is 8.79. The van der Waals surface area contributed by atoms with Crippen molar-refractivity contribution in [1.29, 1.82) is 5.26 Å². The molecule has 90 valence electrons. The Labute approximate surface area is 106 Å². The number of nitrogens with zero attached hydrogens (tertiary/aromatic N) is 3. The number of rotatable bonds is 4. The van der Waals surface area contributed by atoms with Crippen LogP contribution in [0.5, 0.6) is 0 Å². The molecule has 1 aromatic heterocycles. The summed E-state index contributed by atoms with van der Waals surface area (Å²) < 4.78 is 0. The number of anilines is 1. The van der Waals surface area contributed by atoms with Crippen LogP contribution < -0.4 is 5.32 Å². The van der Waals surface area contributed by atoms with Crippen LogP contribution in [0.25, 0.3) is 11.1 Å². The second kappa shape index (κ2) is 5.78. The Balaban J connectivity index is 2.10. The lowest BCUT2D eigenvalue weighted by molar-refractivity contribution is 1.02. The summed E-state index contributed by atoms with van der Waals surface area (Å²) in [6.45, 7) is 2.63. The predicted molar refractivity (Wildman–Crippen MR) is 70.9 cm³/mol. The van der Waals surface area contributed by atoms with Crippen molar-refractivity contribution in [2.75, 3.05) is 11.9 Å². The number of aryl methyl sites for hydroxylation is 1. The molecular weight excluding hydrogens is 224 g/mol. The first-order valence-corrected chi connectivity index (χ1v) is 5.79. The summed E-state index contributed by atoms with van der Waals surface area (Å²) in [6.07, 6.45) is 4.02. The Morgan fingerprint density at radius 2 is 2.00 bits per heavy atom. The van der Waals surface area contributed by atoms with Crippen molar-refractivity contribution < 1.29 is 0 Å². The fourth-order valence-corrected chi connectivity index (χ4v) is 1.62. The molecule has 4 nitrogen and oxygen atoms in total. The van der Waals surface area contributed by atoms with E-state index in [0.717, 1.165) is 11.1 Å². The van der Waals surface area contributed by atoms with Gasteiger partial charge in [-0.05, 0) is 12.5 Å². The first kappa shape index (κ1) is 12.1. The minimum absolute atomic E-state index is 0.447. The standard InChI is InChI=1S/C14H14N4/c1-11-4-2-5-12(8-11)13-9-17-14(18-10-13)16-7-3-6-15/h2,4-5,8-10H,3,7H2,1H3,(H,16,17,18). The molecule has 0 bridgehead atoms. The maximum Gasteiger partial charge on any atom is 0.222 e. The smallest absolute Gasteiger partial charge is 0.222 e. The minimum Gasteiger partial charge on any atom is -0.353 e. The van der Waals surface area contributed by atoms with Crippen LogP contribution in [-0.2, 0) is 0 Å². The van der Waals surface area contributed by atoms with Crippen molar-refractivity contribution in [3.8, 4) is 17.2 Å². The molecule has 1 N–H and O–H groups in total. The van der Waals surface area contributed by atoms with E-state index >= 15 is 0 Å². The van der Waals surface area contributed by atoms with Gasteiger partial charge in [0.25, 0.3) is 0 Å². The second-order valence-electron chi connectivity index (χ2n) is 4.00. The van der Waals surface area contributed by atoms with Crippen LogP contribution in [0.4, 0.5) is 5.95 Å². The number of hydrogen-bond donors (Lipinski definition) is 1. The third-order valence-corrected chi connectivity index (χ3v) is 2.52. The molecule has 0 atom stereocenters. The van der Waals surface area contributed by atoms with E-state index in [2.05, 4.69) is 40.4 Å². The van der Waals surface area contributed by atoms with E-state index < -0.39 is 0 Å². The van der Waals surface area contributed by atoms with Gasteiger partial charge >= 0.3 is 0 Å². The van der Waals surface area contributed by atoms with E-state index in [4.69, 9.17) is 5.26 Å². The van der Waals surface area contributed by atoms with E-state index in [1.54, 1.807) is 12.4 Å². The molecule has 0 aliphatic carbocycles. The summed E-state index contributed by atoms with van der Waals surface area (Å²) in [4.78, 5) is 8.45. The lowest BCUT2D eigenvalue weighted by atomic mass is 10.1. The van der Waals surface area contributed by atoms with E-state index in [1.165, 1.54) is 5.56 Å². The molecule has 18 heavy (non-hydrogen) atoms. The molecule has 0 radical (unpaired) electrons. The fourth-order valence-electron chi connectivity index (χ4n) is 1.62. The highest BCUT2D eigenvalue weighted by Gasteiger charge is 2.00. The van der Waals surface area contributed by atoms with Crippen molar-refractivity contribution in [1.82, 2.24) is 9.97 Å². The quantitative estimate of drug-likeness (QED) is 0.832. The molecule has 4 heteroatoms. The van der Waals surface area contributed by atoms with Crippen LogP contribution in [0.2, 0.25) is 0 Å². The van der Waals surface area contributed by atoms with Gasteiger partial charge < -0.3 is 5.32 Å². The van der Waals surface area contributed by atoms with Gasteiger partial charge in [-0.3, -0.25) is 0 Å². The summed E-state index contributed by atoms with van der Waals surface area (Å²) in [7, 11) is 0. The number of aromatic nitrogens is 2. The minimum atomic E-state index is 0.447. The molecule has 0 saturated heterocycles. The maximum absolute atomic E-state index is 8.43. The molecule has 0 unspecified atom stereocenters. The van der Waals surface area contributed by atoms with E-state index in [1.807, 2.05) is 12.1 Å². The third kappa shape index (κ3) is 3.05. The third-order valence-electron chi connectivity index (χ3n) is 2.52. The predicted octanol–water partition coefficient (Wildman–Crippen LogP) is 2.78. The van der Waals surface area contributed by atoms with Crippen molar-refractivity contribution in [2.45, 2.75) is 13.3 Å². The molecule has 1 heterocycles. The Bertz CT molecular complexity index is 555. The number of nitriles is 1. The molecule has 0 amide bonds. The van der Waals surface area contributed by atoms with Gasteiger partial charge in [-0.2, -0.15) is 5.26 Å². The molecule has 0 aliphatic rings. The Kier molecular flexibility index (Phi) is 3.87. The van der Waals surface area contributed by atoms with Gasteiger partial charge in [-0.25, -0.2) is 9.97 Å². The normalized spacial score (nSPS) is 9.78. The van der Waals surface area contributed by atoms with Gasteiger partial charge in [-0.1, -0.05) is 29.8 Å².